The van der Waals surface area contributed by atoms with Gasteiger partial charge in [0.25, 0.3) is 0 Å². The van der Waals surface area contributed by atoms with E-state index in [2.05, 4.69) is 10.3 Å². The van der Waals surface area contributed by atoms with E-state index in [1.807, 2.05) is 0 Å². The maximum atomic E-state index is 12.6. The van der Waals surface area contributed by atoms with Crippen LogP contribution in [0.4, 0.5) is 0 Å². The normalized spacial score (nSPS) is 20.1. The van der Waals surface area contributed by atoms with E-state index in [0.29, 0.717) is 50.1 Å². The van der Waals surface area contributed by atoms with Gasteiger partial charge in [0.05, 0.1) is 11.9 Å². The van der Waals surface area contributed by atoms with Crippen LogP contribution in [-0.2, 0) is 20.8 Å². The monoisotopic (exact) mass is 372 g/mol. The molecule has 2 N–H and O–H groups in total. The fourth-order valence-corrected chi connectivity index (χ4v) is 3.59. The Labute approximate surface area is 154 Å². The summed E-state index contributed by atoms with van der Waals surface area (Å²) in [6.07, 6.45) is 1.15. The highest BCUT2D eigenvalue weighted by molar-refractivity contribution is 5.91. The molecule has 2 aliphatic rings. The molecule has 142 valence electrons. The Balaban J connectivity index is 1.33. The van der Waals surface area contributed by atoms with Crippen LogP contribution in [0.3, 0.4) is 0 Å². The number of aromatic nitrogens is 1. The van der Waals surface area contributed by atoms with Crippen molar-refractivity contribution in [3.63, 3.8) is 0 Å². The summed E-state index contributed by atoms with van der Waals surface area (Å²) in [5.41, 5.74) is 1.82. The molecule has 2 fully saturated rings. The second kappa shape index (κ2) is 6.90. The van der Waals surface area contributed by atoms with E-state index >= 15 is 0 Å². The van der Waals surface area contributed by atoms with Crippen LogP contribution in [-0.4, -0.2) is 64.7 Å². The lowest BCUT2D eigenvalue weighted by atomic mass is 10.1. The van der Waals surface area contributed by atoms with Gasteiger partial charge in [-0.25, -0.2) is 4.79 Å². The van der Waals surface area contributed by atoms with Gasteiger partial charge < -0.3 is 19.5 Å². The number of carbonyl (C=O) groups excluding carboxylic acids is 3. The number of hydrogen-bond donors (Lipinski definition) is 2. The van der Waals surface area contributed by atoms with Crippen molar-refractivity contribution < 1.29 is 18.8 Å². The summed E-state index contributed by atoms with van der Waals surface area (Å²) >= 11 is 0. The minimum absolute atomic E-state index is 0.0264. The van der Waals surface area contributed by atoms with E-state index in [-0.39, 0.29) is 24.1 Å². The number of oxazole rings is 1. The first kappa shape index (κ1) is 17.3. The third-order valence-electron chi connectivity index (χ3n) is 5.08. The number of amides is 3. The third-order valence-corrected chi connectivity index (χ3v) is 5.08. The molecule has 3 heterocycles. The Morgan fingerprint density at radius 3 is 2.56 bits per heavy atom. The van der Waals surface area contributed by atoms with Crippen LogP contribution in [0.1, 0.15) is 18.4 Å². The Kier molecular flexibility index (Phi) is 4.43. The molecular weight excluding hydrogens is 352 g/mol. The summed E-state index contributed by atoms with van der Waals surface area (Å²) in [4.78, 5) is 53.5. The zero-order valence-corrected chi connectivity index (χ0v) is 14.7. The van der Waals surface area contributed by atoms with Crippen molar-refractivity contribution in [2.45, 2.75) is 25.3 Å². The average Bonchev–Trinajstić information content (AvgIpc) is 3.25. The number of nitrogens with one attached hydrogen (secondary N) is 2. The highest BCUT2D eigenvalue weighted by Gasteiger charge is 2.32. The molecule has 1 atom stereocenters. The predicted octanol–water partition coefficient (Wildman–Crippen LogP) is -0.387. The molecule has 4 rings (SSSR count). The Hall–Kier alpha value is -3.10. The van der Waals surface area contributed by atoms with Gasteiger partial charge in [-0.05, 0) is 24.1 Å². The van der Waals surface area contributed by atoms with Crippen LogP contribution in [0.2, 0.25) is 0 Å². The number of fused-ring (bicyclic) bond motifs is 1. The fraction of sp³-hybridized carbons (Fsp3) is 0.444. The van der Waals surface area contributed by atoms with Gasteiger partial charge in [-0.2, -0.15) is 0 Å². The lowest BCUT2D eigenvalue weighted by Gasteiger charge is -2.36. The molecule has 9 nitrogen and oxygen atoms in total. The van der Waals surface area contributed by atoms with Crippen molar-refractivity contribution in [3.8, 4) is 0 Å². The van der Waals surface area contributed by atoms with Crippen LogP contribution in [0.15, 0.2) is 27.4 Å². The topological polar surface area (TPSA) is 116 Å². The number of piperazine rings is 1. The Morgan fingerprint density at radius 2 is 1.85 bits per heavy atom. The third kappa shape index (κ3) is 3.57. The molecule has 0 radical (unpaired) electrons. The van der Waals surface area contributed by atoms with Crippen LogP contribution in [0.5, 0.6) is 0 Å². The van der Waals surface area contributed by atoms with Crippen molar-refractivity contribution in [2.75, 3.05) is 26.2 Å². The molecule has 1 aromatic carbocycles. The van der Waals surface area contributed by atoms with Crippen LogP contribution >= 0.6 is 0 Å². The van der Waals surface area contributed by atoms with Gasteiger partial charge in [0.15, 0.2) is 5.58 Å². The fourth-order valence-electron chi connectivity index (χ4n) is 3.59. The minimum atomic E-state index is -0.521. The van der Waals surface area contributed by atoms with E-state index in [1.165, 1.54) is 0 Å². The molecule has 3 amide bonds. The number of carbonyl (C=O) groups is 3. The van der Waals surface area contributed by atoms with Crippen LogP contribution in [0, 0.1) is 0 Å². The molecule has 0 aliphatic carbocycles. The van der Waals surface area contributed by atoms with Gasteiger partial charge in [0.2, 0.25) is 17.7 Å². The highest BCUT2D eigenvalue weighted by Crippen LogP contribution is 2.15. The number of rotatable bonds is 3. The lowest BCUT2D eigenvalue weighted by molar-refractivity contribution is -0.140. The molecule has 2 aliphatic heterocycles. The number of hydrogen-bond acceptors (Lipinski definition) is 5. The van der Waals surface area contributed by atoms with Crippen LogP contribution in [0.25, 0.3) is 11.1 Å². The van der Waals surface area contributed by atoms with Gasteiger partial charge in [-0.1, -0.05) is 6.07 Å². The number of benzene rings is 1. The van der Waals surface area contributed by atoms with Gasteiger partial charge in [-0.3, -0.25) is 19.4 Å². The first-order valence-electron chi connectivity index (χ1n) is 8.97. The predicted molar refractivity (Wildman–Crippen MR) is 94.9 cm³/mol. The molecule has 27 heavy (non-hydrogen) atoms. The molecule has 0 bridgehead atoms. The molecule has 9 heteroatoms. The Bertz CT molecular complexity index is 954. The van der Waals surface area contributed by atoms with Crippen molar-refractivity contribution >= 4 is 28.8 Å². The first-order chi connectivity index (χ1) is 13.0. The zero-order chi connectivity index (χ0) is 19.0. The summed E-state index contributed by atoms with van der Waals surface area (Å²) in [5.74, 6) is -0.699. The van der Waals surface area contributed by atoms with Crippen molar-refractivity contribution in [1.82, 2.24) is 20.1 Å². The SMILES string of the molecule is O=C1CCC(C(=O)N2CCN(C(=O)Cc3ccc4oc(=O)[nH]c4c3)CC2)N1. The second-order valence-corrected chi connectivity index (χ2v) is 6.89. The lowest BCUT2D eigenvalue weighted by Crippen LogP contribution is -2.54. The van der Waals surface area contributed by atoms with E-state index in [9.17, 15) is 19.2 Å². The number of aromatic amines is 1. The van der Waals surface area contributed by atoms with Gasteiger partial charge >= 0.3 is 5.76 Å². The smallest absolute Gasteiger partial charge is 0.408 e. The minimum Gasteiger partial charge on any atom is -0.408 e. The maximum absolute atomic E-state index is 12.6. The summed E-state index contributed by atoms with van der Waals surface area (Å²) in [5, 5.41) is 2.69. The first-order valence-corrected chi connectivity index (χ1v) is 8.97. The molecule has 2 aromatic rings. The molecule has 0 saturated carbocycles. The number of nitrogens with zero attached hydrogens (tertiary/aromatic N) is 2. The quantitative estimate of drug-likeness (QED) is 0.762. The van der Waals surface area contributed by atoms with E-state index < -0.39 is 11.8 Å². The van der Waals surface area contributed by atoms with Crippen molar-refractivity contribution in [3.05, 3.63) is 34.3 Å². The van der Waals surface area contributed by atoms with E-state index in [1.54, 1.807) is 28.0 Å². The molecule has 0 spiro atoms. The molecule has 1 aromatic heterocycles. The number of H-pyrrole nitrogens is 1. The second-order valence-electron chi connectivity index (χ2n) is 6.89. The standard InChI is InChI=1S/C18H20N4O5/c23-15-4-2-12(19-15)17(25)22-7-5-21(6-8-22)16(24)10-11-1-3-14-13(9-11)20-18(26)27-14/h1,3,9,12H,2,4-8,10H2,(H,19,23)(H,20,26). The summed E-state index contributed by atoms with van der Waals surface area (Å²) in [6, 6.07) is 4.74. The highest BCUT2D eigenvalue weighted by atomic mass is 16.4. The van der Waals surface area contributed by atoms with E-state index in [0.717, 1.165) is 5.56 Å². The molecule has 2 saturated heterocycles. The van der Waals surface area contributed by atoms with E-state index in [4.69, 9.17) is 4.42 Å². The largest absolute Gasteiger partial charge is 0.417 e. The molecule has 1 unspecified atom stereocenters. The van der Waals surface area contributed by atoms with Gasteiger partial charge in [-0.15, -0.1) is 0 Å². The van der Waals surface area contributed by atoms with Crippen molar-refractivity contribution in [1.29, 1.82) is 0 Å². The Morgan fingerprint density at radius 1 is 1.11 bits per heavy atom. The van der Waals surface area contributed by atoms with Crippen LogP contribution < -0.4 is 11.1 Å². The summed E-state index contributed by atoms with van der Waals surface area (Å²) in [7, 11) is 0. The van der Waals surface area contributed by atoms with Crippen molar-refractivity contribution in [2.24, 2.45) is 0 Å². The maximum Gasteiger partial charge on any atom is 0.417 e. The summed E-state index contributed by atoms with van der Waals surface area (Å²) in [6.45, 7) is 1.86. The average molecular weight is 372 g/mol. The van der Waals surface area contributed by atoms with Gasteiger partial charge in [0, 0.05) is 32.6 Å². The summed E-state index contributed by atoms with van der Waals surface area (Å²) < 4.78 is 4.96. The zero-order valence-electron chi connectivity index (χ0n) is 14.7. The molecular formula is C18H20N4O5. The van der Waals surface area contributed by atoms with Gasteiger partial charge in [0.1, 0.15) is 6.04 Å².